The Morgan fingerprint density at radius 2 is 1.96 bits per heavy atom. The summed E-state index contributed by atoms with van der Waals surface area (Å²) in [5.41, 5.74) is 2.28. The van der Waals surface area contributed by atoms with Crippen LogP contribution in [0.5, 0.6) is 0 Å². The van der Waals surface area contributed by atoms with E-state index in [4.69, 9.17) is 16.3 Å². The third-order valence-electron chi connectivity index (χ3n) is 3.64. The fourth-order valence-electron chi connectivity index (χ4n) is 2.31. The second kappa shape index (κ2) is 8.34. The highest BCUT2D eigenvalue weighted by Gasteiger charge is 2.18. The zero-order chi connectivity index (χ0) is 18.5. The number of esters is 1. The predicted molar refractivity (Wildman–Crippen MR) is 104 cm³/mol. The predicted octanol–water partition coefficient (Wildman–Crippen LogP) is 5.43. The summed E-state index contributed by atoms with van der Waals surface area (Å²) in [7, 11) is 0. The number of hydrogen-bond donors (Lipinski definition) is 0. The molecule has 6 heteroatoms. The molecule has 0 radical (unpaired) electrons. The Morgan fingerprint density at radius 1 is 1.19 bits per heavy atom. The van der Waals surface area contributed by atoms with Crippen LogP contribution in [0.4, 0.5) is 0 Å². The van der Waals surface area contributed by atoms with Crippen LogP contribution in [0, 0.1) is 6.92 Å². The van der Waals surface area contributed by atoms with E-state index in [1.807, 2.05) is 55.5 Å². The normalized spacial score (nSPS) is 10.6. The first-order chi connectivity index (χ1) is 12.6. The number of benzene rings is 2. The smallest absolute Gasteiger partial charge is 0.342 e. The summed E-state index contributed by atoms with van der Waals surface area (Å²) in [5, 5.41) is 1.18. The monoisotopic (exact) mass is 384 g/mol. The molecule has 0 atom stereocenters. The molecule has 0 fully saturated rings. The minimum atomic E-state index is -0.436. The molecule has 0 bridgehead atoms. The molecule has 0 saturated carbocycles. The molecule has 3 aromatic rings. The van der Waals surface area contributed by atoms with Crippen molar-refractivity contribution in [1.29, 1.82) is 0 Å². The number of carbonyl (C=O) groups is 1. The van der Waals surface area contributed by atoms with Gasteiger partial charge in [-0.3, -0.25) is 0 Å². The molecule has 2 aromatic carbocycles. The Labute approximate surface area is 161 Å². The summed E-state index contributed by atoms with van der Waals surface area (Å²) >= 11 is 7.51. The average Bonchev–Trinajstić information content (AvgIpc) is 2.65. The maximum absolute atomic E-state index is 12.3. The van der Waals surface area contributed by atoms with Crippen molar-refractivity contribution < 1.29 is 9.53 Å². The largest absolute Gasteiger partial charge is 0.462 e. The van der Waals surface area contributed by atoms with Crippen LogP contribution in [-0.4, -0.2) is 22.5 Å². The van der Waals surface area contributed by atoms with Crippen molar-refractivity contribution in [3.63, 3.8) is 0 Å². The first kappa shape index (κ1) is 18.4. The van der Waals surface area contributed by atoms with E-state index in [1.54, 1.807) is 6.92 Å². The molecule has 132 valence electrons. The van der Waals surface area contributed by atoms with Crippen molar-refractivity contribution in [3.8, 4) is 11.4 Å². The molecule has 0 aliphatic rings. The molecule has 3 rings (SSSR count). The standard InChI is InChI=1S/C20H17ClN2O2S/c1-3-25-20(24)16-12-22-18(14-7-5-4-6-8-14)23-19(16)26-17-11-15(21)10-9-13(17)2/h4-12H,3H2,1-2H3. The highest BCUT2D eigenvalue weighted by atomic mass is 35.5. The van der Waals surface area contributed by atoms with Gasteiger partial charge in [-0.05, 0) is 31.5 Å². The highest BCUT2D eigenvalue weighted by molar-refractivity contribution is 7.99. The molecule has 4 nitrogen and oxygen atoms in total. The van der Waals surface area contributed by atoms with Crippen molar-refractivity contribution in [3.05, 3.63) is 70.9 Å². The number of rotatable bonds is 5. The van der Waals surface area contributed by atoms with Crippen molar-refractivity contribution in [1.82, 2.24) is 9.97 Å². The zero-order valence-corrected chi connectivity index (χ0v) is 16.0. The van der Waals surface area contributed by atoms with Gasteiger partial charge in [-0.25, -0.2) is 14.8 Å². The van der Waals surface area contributed by atoms with Gasteiger partial charge in [0.1, 0.15) is 10.6 Å². The van der Waals surface area contributed by atoms with Crippen LogP contribution >= 0.6 is 23.4 Å². The maximum Gasteiger partial charge on any atom is 0.342 e. The topological polar surface area (TPSA) is 52.1 Å². The molecule has 0 aliphatic carbocycles. The van der Waals surface area contributed by atoms with Gasteiger partial charge < -0.3 is 4.74 Å². The Kier molecular flexibility index (Phi) is 5.91. The van der Waals surface area contributed by atoms with E-state index in [-0.39, 0.29) is 0 Å². The molecule has 0 saturated heterocycles. The quantitative estimate of drug-likeness (QED) is 0.433. The Morgan fingerprint density at radius 3 is 2.69 bits per heavy atom. The maximum atomic E-state index is 12.3. The number of hydrogen-bond acceptors (Lipinski definition) is 5. The lowest BCUT2D eigenvalue weighted by molar-refractivity contribution is 0.0521. The third kappa shape index (κ3) is 4.23. The first-order valence-corrected chi connectivity index (χ1v) is 9.31. The SMILES string of the molecule is CCOC(=O)c1cnc(-c2ccccc2)nc1Sc1cc(Cl)ccc1C. The van der Waals surface area contributed by atoms with Crippen molar-refractivity contribution >= 4 is 29.3 Å². The van der Waals surface area contributed by atoms with Gasteiger partial charge in [0.05, 0.1) is 6.61 Å². The number of nitrogens with zero attached hydrogens (tertiary/aromatic N) is 2. The summed E-state index contributed by atoms with van der Waals surface area (Å²) in [6.07, 6.45) is 1.52. The van der Waals surface area contributed by atoms with E-state index in [0.717, 1.165) is 16.0 Å². The molecule has 0 amide bonds. The first-order valence-electron chi connectivity index (χ1n) is 8.12. The molecule has 0 spiro atoms. The van der Waals surface area contributed by atoms with Crippen molar-refractivity contribution in [2.75, 3.05) is 6.61 Å². The van der Waals surface area contributed by atoms with E-state index >= 15 is 0 Å². The lowest BCUT2D eigenvalue weighted by atomic mass is 10.2. The fourth-order valence-corrected chi connectivity index (χ4v) is 3.55. The van der Waals surface area contributed by atoms with Crippen LogP contribution in [0.15, 0.2) is 64.6 Å². The van der Waals surface area contributed by atoms with Gasteiger partial charge in [-0.1, -0.05) is 59.8 Å². The Bertz CT molecular complexity index is 932. The number of aryl methyl sites for hydroxylation is 1. The van der Waals surface area contributed by atoms with E-state index in [9.17, 15) is 4.79 Å². The summed E-state index contributed by atoms with van der Waals surface area (Å²) in [6, 6.07) is 15.3. The lowest BCUT2D eigenvalue weighted by Crippen LogP contribution is -2.09. The lowest BCUT2D eigenvalue weighted by Gasteiger charge is -2.11. The molecule has 26 heavy (non-hydrogen) atoms. The fraction of sp³-hybridized carbons (Fsp3) is 0.150. The summed E-state index contributed by atoms with van der Waals surface area (Å²) in [5.74, 6) is 0.120. The van der Waals surface area contributed by atoms with Crippen LogP contribution < -0.4 is 0 Å². The van der Waals surface area contributed by atoms with E-state index < -0.39 is 5.97 Å². The number of ether oxygens (including phenoxy) is 1. The van der Waals surface area contributed by atoms with Crippen molar-refractivity contribution in [2.24, 2.45) is 0 Å². The molecular formula is C20H17ClN2O2S. The van der Waals surface area contributed by atoms with Crippen LogP contribution in [-0.2, 0) is 4.74 Å². The van der Waals surface area contributed by atoms with E-state index in [1.165, 1.54) is 18.0 Å². The Hall–Kier alpha value is -2.37. The van der Waals surface area contributed by atoms with E-state index in [0.29, 0.717) is 28.0 Å². The minimum Gasteiger partial charge on any atom is -0.462 e. The van der Waals surface area contributed by atoms with Crippen LogP contribution in [0.1, 0.15) is 22.8 Å². The number of aromatic nitrogens is 2. The molecular weight excluding hydrogens is 368 g/mol. The van der Waals surface area contributed by atoms with Crippen molar-refractivity contribution in [2.45, 2.75) is 23.8 Å². The van der Waals surface area contributed by atoms with Gasteiger partial charge in [-0.2, -0.15) is 0 Å². The molecule has 0 N–H and O–H groups in total. The van der Waals surface area contributed by atoms with Gasteiger partial charge in [0.15, 0.2) is 5.82 Å². The molecule has 1 heterocycles. The number of halogens is 1. The van der Waals surface area contributed by atoms with Crippen LogP contribution in [0.2, 0.25) is 5.02 Å². The molecule has 0 unspecified atom stereocenters. The van der Waals surface area contributed by atoms with Gasteiger partial charge in [0.2, 0.25) is 0 Å². The minimum absolute atomic E-state index is 0.291. The van der Waals surface area contributed by atoms with Crippen LogP contribution in [0.3, 0.4) is 0 Å². The van der Waals surface area contributed by atoms with Gasteiger partial charge in [-0.15, -0.1) is 0 Å². The average molecular weight is 385 g/mol. The highest BCUT2D eigenvalue weighted by Crippen LogP contribution is 2.34. The van der Waals surface area contributed by atoms with Crippen LogP contribution in [0.25, 0.3) is 11.4 Å². The summed E-state index contributed by atoms with van der Waals surface area (Å²) in [4.78, 5) is 22.2. The second-order valence-corrected chi connectivity index (χ2v) is 6.98. The Balaban J connectivity index is 2.06. The van der Waals surface area contributed by atoms with Gasteiger partial charge >= 0.3 is 5.97 Å². The van der Waals surface area contributed by atoms with Gasteiger partial charge in [0.25, 0.3) is 0 Å². The van der Waals surface area contributed by atoms with Gasteiger partial charge in [0, 0.05) is 21.7 Å². The third-order valence-corrected chi connectivity index (χ3v) is 5.04. The second-order valence-electron chi connectivity index (χ2n) is 5.51. The number of carbonyl (C=O) groups excluding carboxylic acids is 1. The van der Waals surface area contributed by atoms with E-state index in [2.05, 4.69) is 9.97 Å². The molecule has 1 aromatic heterocycles. The summed E-state index contributed by atoms with van der Waals surface area (Å²) in [6.45, 7) is 4.05. The molecule has 0 aliphatic heterocycles. The summed E-state index contributed by atoms with van der Waals surface area (Å²) < 4.78 is 5.15. The zero-order valence-electron chi connectivity index (χ0n) is 14.4.